The summed E-state index contributed by atoms with van der Waals surface area (Å²) < 4.78 is 6.23. The second kappa shape index (κ2) is 6.57. The highest BCUT2D eigenvalue weighted by Gasteiger charge is 2.67. The van der Waals surface area contributed by atoms with Crippen LogP contribution in [0.5, 0.6) is 0 Å². The number of nitrogens with one attached hydrogen (secondary N) is 2. The highest BCUT2D eigenvalue weighted by atomic mass is 16.5. The fraction of sp³-hybridized carbons (Fsp3) is 0.542. The largest absolute Gasteiger partial charge is 0.362 e. The van der Waals surface area contributed by atoms with Gasteiger partial charge in [-0.15, -0.1) is 0 Å². The third-order valence-electron chi connectivity index (χ3n) is 7.87. The number of carbonyl (C=O) groups is 3. The van der Waals surface area contributed by atoms with Gasteiger partial charge >= 0.3 is 0 Å². The van der Waals surface area contributed by atoms with Crippen molar-refractivity contribution in [3.05, 3.63) is 42.0 Å². The second-order valence-electron chi connectivity index (χ2n) is 9.99. The van der Waals surface area contributed by atoms with Crippen LogP contribution in [-0.2, 0) is 14.3 Å². The number of nitrogens with zero attached hydrogens (tertiary/aromatic N) is 2. The number of fused-ring (bicyclic) bond motifs is 2. The van der Waals surface area contributed by atoms with Crippen molar-refractivity contribution >= 4 is 23.4 Å². The quantitative estimate of drug-likeness (QED) is 0.683. The zero-order chi connectivity index (χ0) is 22.3. The summed E-state index contributed by atoms with van der Waals surface area (Å²) >= 11 is 0. The van der Waals surface area contributed by atoms with Gasteiger partial charge < -0.3 is 25.2 Å². The first kappa shape index (κ1) is 19.8. The first-order valence-electron chi connectivity index (χ1n) is 11.5. The fourth-order valence-corrected chi connectivity index (χ4v) is 6.18. The third kappa shape index (κ3) is 2.62. The molecule has 8 heteroatoms. The van der Waals surface area contributed by atoms with E-state index in [-0.39, 0.29) is 29.9 Å². The van der Waals surface area contributed by atoms with Gasteiger partial charge in [-0.2, -0.15) is 0 Å². The van der Waals surface area contributed by atoms with E-state index in [9.17, 15) is 14.4 Å². The molecule has 3 amide bonds. The number of amides is 3. The van der Waals surface area contributed by atoms with Crippen molar-refractivity contribution in [2.45, 2.75) is 50.1 Å². The molecule has 1 aromatic carbocycles. The smallest absolute Gasteiger partial charge is 0.255 e. The lowest BCUT2D eigenvalue weighted by atomic mass is 9.76. The maximum Gasteiger partial charge on any atom is 0.255 e. The van der Waals surface area contributed by atoms with Gasteiger partial charge in [0.15, 0.2) is 0 Å². The molecule has 2 bridgehead atoms. The van der Waals surface area contributed by atoms with Gasteiger partial charge in [0, 0.05) is 37.7 Å². The Kier molecular flexibility index (Phi) is 4.06. The van der Waals surface area contributed by atoms with Gasteiger partial charge in [-0.3, -0.25) is 14.4 Å². The van der Waals surface area contributed by atoms with E-state index in [0.717, 1.165) is 5.69 Å². The van der Waals surface area contributed by atoms with Gasteiger partial charge in [0.2, 0.25) is 11.8 Å². The van der Waals surface area contributed by atoms with E-state index in [1.165, 1.54) is 0 Å². The van der Waals surface area contributed by atoms with Crippen molar-refractivity contribution in [2.75, 3.05) is 25.0 Å². The molecule has 5 heterocycles. The van der Waals surface area contributed by atoms with Crippen LogP contribution in [-0.4, -0.2) is 70.6 Å². The molecule has 3 fully saturated rings. The molecule has 0 saturated carbocycles. The van der Waals surface area contributed by atoms with E-state index in [0.29, 0.717) is 38.0 Å². The van der Waals surface area contributed by atoms with Crippen molar-refractivity contribution in [3.63, 3.8) is 0 Å². The average Bonchev–Trinajstić information content (AvgIpc) is 3.42. The van der Waals surface area contributed by atoms with E-state index < -0.39 is 23.1 Å². The molecule has 0 radical (unpaired) electrons. The number of hydrogen-bond acceptors (Lipinski definition) is 5. The lowest BCUT2D eigenvalue weighted by molar-refractivity contribution is -0.144. The number of piperidine rings is 1. The van der Waals surface area contributed by atoms with Gasteiger partial charge in [0.05, 0.1) is 30.0 Å². The number of para-hydroxylation sites is 1. The van der Waals surface area contributed by atoms with Crippen molar-refractivity contribution in [3.8, 4) is 0 Å². The molecule has 5 aliphatic heterocycles. The summed E-state index contributed by atoms with van der Waals surface area (Å²) in [5, 5.41) is 6.61. The van der Waals surface area contributed by atoms with Gasteiger partial charge in [-0.25, -0.2) is 0 Å². The molecule has 6 rings (SSSR count). The van der Waals surface area contributed by atoms with Crippen molar-refractivity contribution in [1.29, 1.82) is 0 Å². The number of benzene rings is 1. The van der Waals surface area contributed by atoms with Crippen molar-refractivity contribution in [1.82, 2.24) is 15.1 Å². The maximum absolute atomic E-state index is 13.6. The predicted molar refractivity (Wildman–Crippen MR) is 117 cm³/mol. The van der Waals surface area contributed by atoms with Gasteiger partial charge in [-0.05, 0) is 26.0 Å². The number of likely N-dealkylation sites (tertiary alicyclic amines) is 2. The molecule has 0 aromatic heterocycles. The monoisotopic (exact) mass is 436 g/mol. The Hall–Kier alpha value is -2.87. The molecule has 5 aliphatic rings. The van der Waals surface area contributed by atoms with Crippen molar-refractivity contribution in [2.24, 2.45) is 11.8 Å². The third-order valence-corrected chi connectivity index (χ3v) is 7.87. The van der Waals surface area contributed by atoms with Crippen LogP contribution in [0.15, 0.2) is 36.4 Å². The Morgan fingerprint density at radius 1 is 1.16 bits per heavy atom. The minimum Gasteiger partial charge on any atom is -0.362 e. The molecule has 2 N–H and O–H groups in total. The van der Waals surface area contributed by atoms with Crippen LogP contribution in [0.2, 0.25) is 0 Å². The highest BCUT2D eigenvalue weighted by molar-refractivity contribution is 6.02. The molecule has 1 aromatic rings. The van der Waals surface area contributed by atoms with Crippen LogP contribution >= 0.6 is 0 Å². The summed E-state index contributed by atoms with van der Waals surface area (Å²) in [6, 6.07) is 7.56. The highest BCUT2D eigenvalue weighted by Crippen LogP contribution is 2.52. The fourth-order valence-electron chi connectivity index (χ4n) is 6.18. The normalized spacial score (nSPS) is 34.0. The summed E-state index contributed by atoms with van der Waals surface area (Å²) in [5.74, 6) is -0.986. The van der Waals surface area contributed by atoms with E-state index in [2.05, 4.69) is 10.6 Å². The summed E-state index contributed by atoms with van der Waals surface area (Å²) in [6.07, 6.45) is 4.84. The Morgan fingerprint density at radius 2 is 1.91 bits per heavy atom. The molecule has 32 heavy (non-hydrogen) atoms. The molecule has 168 valence electrons. The van der Waals surface area contributed by atoms with Crippen LogP contribution in [0, 0.1) is 11.8 Å². The number of carbonyl (C=O) groups excluding carboxylic acids is 3. The maximum atomic E-state index is 13.6. The molecule has 2 spiro atoms. The minimum absolute atomic E-state index is 0.0115. The molecule has 8 nitrogen and oxygen atoms in total. The van der Waals surface area contributed by atoms with E-state index in [4.69, 9.17) is 4.74 Å². The topological polar surface area (TPSA) is 91.0 Å². The van der Waals surface area contributed by atoms with E-state index in [1.54, 1.807) is 6.07 Å². The van der Waals surface area contributed by atoms with Crippen LogP contribution in [0.1, 0.15) is 37.0 Å². The Labute approximate surface area is 186 Å². The Bertz CT molecular complexity index is 1040. The summed E-state index contributed by atoms with van der Waals surface area (Å²) in [4.78, 5) is 43.1. The van der Waals surface area contributed by atoms with Crippen LogP contribution in [0.4, 0.5) is 5.69 Å². The summed E-state index contributed by atoms with van der Waals surface area (Å²) in [7, 11) is 0. The number of hydrogen-bond donors (Lipinski definition) is 2. The SMILES string of the molecule is CC(C)N1CC23C=CC(O2)C(C(=O)N2CCC4(CC2)NC(=O)c2ccccc2N4)C3C1=O. The van der Waals surface area contributed by atoms with E-state index >= 15 is 0 Å². The Balaban J connectivity index is 1.19. The van der Waals surface area contributed by atoms with Gasteiger partial charge in [-0.1, -0.05) is 24.3 Å². The first-order valence-corrected chi connectivity index (χ1v) is 11.5. The molecule has 4 unspecified atom stereocenters. The lowest BCUT2D eigenvalue weighted by Crippen LogP contribution is -2.63. The molecule has 4 atom stereocenters. The minimum atomic E-state index is -0.661. The molecular weight excluding hydrogens is 408 g/mol. The standard InChI is InChI=1S/C24H28N4O4/c1-14(2)28-13-23-8-7-17(32-23)18(19(23)22(28)31)21(30)27-11-9-24(10-12-27)25-16-6-4-3-5-15(16)20(29)26-24/h3-8,14,17-19,25H,9-13H2,1-2H3,(H,26,29). The predicted octanol–water partition coefficient (Wildman–Crippen LogP) is 1.35. The zero-order valence-electron chi connectivity index (χ0n) is 18.3. The zero-order valence-corrected chi connectivity index (χ0v) is 18.3. The molecule has 3 saturated heterocycles. The van der Waals surface area contributed by atoms with Crippen LogP contribution < -0.4 is 10.6 Å². The lowest BCUT2D eigenvalue weighted by Gasteiger charge is -2.46. The van der Waals surface area contributed by atoms with Gasteiger partial charge in [0.25, 0.3) is 5.91 Å². The second-order valence-corrected chi connectivity index (χ2v) is 9.99. The molecule has 0 aliphatic carbocycles. The number of rotatable bonds is 2. The van der Waals surface area contributed by atoms with Gasteiger partial charge in [0.1, 0.15) is 11.3 Å². The molecular formula is C24H28N4O4. The summed E-state index contributed by atoms with van der Waals surface area (Å²) in [6.45, 7) is 5.54. The first-order chi connectivity index (χ1) is 15.3. The average molecular weight is 437 g/mol. The van der Waals surface area contributed by atoms with Crippen molar-refractivity contribution < 1.29 is 19.1 Å². The number of ether oxygens (including phenoxy) is 1. The Morgan fingerprint density at radius 3 is 2.66 bits per heavy atom. The van der Waals surface area contributed by atoms with E-state index in [1.807, 2.05) is 54.0 Å². The summed E-state index contributed by atoms with van der Waals surface area (Å²) in [5.41, 5.74) is 0.259. The van der Waals surface area contributed by atoms with Crippen LogP contribution in [0.25, 0.3) is 0 Å². The van der Waals surface area contributed by atoms with Crippen LogP contribution in [0.3, 0.4) is 0 Å². The number of anilines is 1.